The van der Waals surface area contributed by atoms with E-state index < -0.39 is 28.9 Å². The van der Waals surface area contributed by atoms with Gasteiger partial charge in [0.25, 0.3) is 12.0 Å². The van der Waals surface area contributed by atoms with E-state index in [1.807, 2.05) is 182 Å². The highest BCUT2D eigenvalue weighted by Gasteiger charge is 2.42. The molecule has 54 heavy (non-hydrogen) atoms. The third kappa shape index (κ3) is 7.30. The van der Waals surface area contributed by atoms with Crippen molar-refractivity contribution in [1.29, 1.82) is 0 Å². The van der Waals surface area contributed by atoms with E-state index in [4.69, 9.17) is 33.2 Å². The lowest BCUT2D eigenvalue weighted by Crippen LogP contribution is -2.38. The number of rotatable bonds is 13. The molecule has 0 saturated heterocycles. The quantitative estimate of drug-likeness (QED) is 0.0463. The first-order chi connectivity index (χ1) is 26.2. The first kappa shape index (κ1) is 37.1. The van der Waals surface area contributed by atoms with E-state index in [0.29, 0.717) is 21.8 Å². The van der Waals surface area contributed by atoms with E-state index in [2.05, 4.69) is 10.5 Å². The Kier molecular flexibility index (Phi) is 11.0. The summed E-state index contributed by atoms with van der Waals surface area (Å²) in [6, 6.07) is 58.1. The van der Waals surface area contributed by atoms with Crippen molar-refractivity contribution in [3.8, 4) is 0 Å². The van der Waals surface area contributed by atoms with Crippen LogP contribution in [-0.4, -0.2) is 26.0 Å². The van der Waals surface area contributed by atoms with E-state index in [0.717, 1.165) is 28.0 Å². The Morgan fingerprint density at radius 3 is 1.30 bits per heavy atom. The van der Waals surface area contributed by atoms with E-state index in [-0.39, 0.29) is 10.0 Å². The topological polar surface area (TPSA) is 104 Å². The number of thiazole rings is 1. The summed E-state index contributed by atoms with van der Waals surface area (Å²) in [6.45, 7) is -4.60. The normalized spacial score (nSPS) is 12.2. The summed E-state index contributed by atoms with van der Waals surface area (Å²) >= 11 is 13.0. The lowest BCUT2D eigenvalue weighted by molar-refractivity contribution is -0.107. The molecule has 0 aliphatic carbocycles. The molecule has 0 aliphatic heterocycles. The molecule has 7 nitrogen and oxygen atoms in total. The number of carbonyl (C=O) groups excluding carboxylic acids is 1. The largest absolute Gasteiger partial charge is 0.374 e. The SMILES string of the molecule is O=C(C(=NOC(c1ccccc1)(c1ccccc1)c1ccccc1)c1nc(NC(c2ccccc2)(c2ccccc2)c2ccccc2)sc1Cl)P(O)(O)=S. The molecule has 0 atom stereocenters. The summed E-state index contributed by atoms with van der Waals surface area (Å²) in [5.74, 6) is 0. The zero-order valence-electron chi connectivity index (χ0n) is 28.6. The molecule has 1 aromatic heterocycles. The summed E-state index contributed by atoms with van der Waals surface area (Å²) in [6.07, 6.45) is 0. The number of nitrogens with zero attached hydrogens (tertiary/aromatic N) is 2. The second-order valence-corrected chi connectivity index (χ2v) is 16.9. The van der Waals surface area contributed by atoms with Gasteiger partial charge in [-0.2, -0.15) is 0 Å². The Morgan fingerprint density at radius 1 is 0.630 bits per heavy atom. The van der Waals surface area contributed by atoms with Crippen LogP contribution in [0.25, 0.3) is 0 Å². The zero-order chi connectivity index (χ0) is 37.6. The lowest BCUT2D eigenvalue weighted by atomic mass is 9.77. The fourth-order valence-electron chi connectivity index (χ4n) is 6.55. The number of nitrogens with one attached hydrogen (secondary N) is 1. The van der Waals surface area contributed by atoms with Crippen molar-refractivity contribution in [2.24, 2.45) is 5.16 Å². The fourth-order valence-corrected chi connectivity index (χ4v) is 8.34. The Bertz CT molecular complexity index is 2220. The molecule has 0 bridgehead atoms. The number of aromatic nitrogens is 1. The summed E-state index contributed by atoms with van der Waals surface area (Å²) < 4.78 is 0.0597. The van der Waals surface area contributed by atoms with Gasteiger partial charge in [-0.05, 0) is 28.5 Å². The van der Waals surface area contributed by atoms with Gasteiger partial charge in [-0.15, -0.1) is 0 Å². The van der Waals surface area contributed by atoms with Gasteiger partial charge in [-0.25, -0.2) is 4.98 Å². The van der Waals surface area contributed by atoms with E-state index >= 15 is 0 Å². The van der Waals surface area contributed by atoms with E-state index in [1.54, 1.807) is 0 Å². The monoisotopic (exact) mass is 785 g/mol. The lowest BCUT2D eigenvalue weighted by Gasteiger charge is -2.36. The third-order valence-electron chi connectivity index (χ3n) is 9.01. The standard InChI is InChI=1S/C43H33ClN3O4PS2/c44-39-37(45-41(54-39)46-42(31-19-7-1-8-20-31,32-21-9-2-10-22-32)33-23-11-3-12-24-33)38(40(48)52(49,50)53)47-51-43(34-25-13-4-14-26-34,35-27-15-5-16-28-35)36-29-17-6-18-30-36/h1-30H,(H,45,46)(H2,49,50,53). The molecule has 0 unspecified atom stereocenters. The molecule has 6 aromatic carbocycles. The Morgan fingerprint density at radius 2 is 0.963 bits per heavy atom. The minimum atomic E-state index is -4.60. The number of benzene rings is 6. The van der Waals surface area contributed by atoms with Crippen LogP contribution in [0.2, 0.25) is 4.34 Å². The summed E-state index contributed by atoms with van der Waals surface area (Å²) in [4.78, 5) is 46.6. The van der Waals surface area contributed by atoms with Crippen LogP contribution in [0.5, 0.6) is 0 Å². The van der Waals surface area contributed by atoms with Gasteiger partial charge in [0, 0.05) is 16.7 Å². The van der Waals surface area contributed by atoms with Gasteiger partial charge in [-0.1, -0.05) is 210 Å². The van der Waals surface area contributed by atoms with Gasteiger partial charge < -0.3 is 19.9 Å². The Balaban J connectivity index is 1.41. The number of carbonyl (C=O) groups is 1. The molecule has 3 N–H and O–H groups in total. The van der Waals surface area contributed by atoms with Crippen LogP contribution in [0.15, 0.2) is 187 Å². The first-order valence-corrected chi connectivity index (χ1v) is 20.8. The average molecular weight is 786 g/mol. The van der Waals surface area contributed by atoms with Crippen molar-refractivity contribution in [3.05, 3.63) is 225 Å². The maximum Gasteiger partial charge on any atom is 0.269 e. The van der Waals surface area contributed by atoms with Gasteiger partial charge in [-0.3, -0.25) is 4.79 Å². The minimum absolute atomic E-state index is 0.0597. The van der Waals surface area contributed by atoms with Crippen molar-refractivity contribution in [2.45, 2.75) is 11.1 Å². The van der Waals surface area contributed by atoms with Crippen molar-refractivity contribution >= 4 is 57.6 Å². The maximum atomic E-state index is 13.9. The number of anilines is 1. The molecule has 7 aromatic rings. The van der Waals surface area contributed by atoms with Crippen LogP contribution >= 0.6 is 29.4 Å². The zero-order valence-corrected chi connectivity index (χ0v) is 31.9. The molecule has 0 amide bonds. The van der Waals surface area contributed by atoms with Crippen LogP contribution in [0, 0.1) is 0 Å². The number of halogens is 1. The highest BCUT2D eigenvalue weighted by Crippen LogP contribution is 2.45. The van der Waals surface area contributed by atoms with Gasteiger partial charge in [0.15, 0.2) is 10.8 Å². The van der Waals surface area contributed by atoms with Gasteiger partial charge in [0.2, 0.25) is 5.60 Å². The molecule has 0 radical (unpaired) electrons. The van der Waals surface area contributed by atoms with Crippen molar-refractivity contribution in [3.63, 3.8) is 0 Å². The average Bonchev–Trinajstić information content (AvgIpc) is 3.59. The van der Waals surface area contributed by atoms with Gasteiger partial charge in [0.1, 0.15) is 15.6 Å². The number of oxime groups is 1. The van der Waals surface area contributed by atoms with Crippen molar-refractivity contribution in [2.75, 3.05) is 5.32 Å². The number of hydrogen-bond acceptors (Lipinski definition) is 7. The Labute approximate surface area is 327 Å². The highest BCUT2D eigenvalue weighted by atomic mass is 35.5. The van der Waals surface area contributed by atoms with Crippen LogP contribution in [0.1, 0.15) is 39.1 Å². The van der Waals surface area contributed by atoms with Crippen LogP contribution in [0.3, 0.4) is 0 Å². The molecule has 1 heterocycles. The molecular formula is C43H33ClN3O4PS2. The highest BCUT2D eigenvalue weighted by molar-refractivity contribution is 8.17. The third-order valence-corrected chi connectivity index (χ3v) is 11.4. The second kappa shape index (κ2) is 16.0. The van der Waals surface area contributed by atoms with Gasteiger partial charge >= 0.3 is 0 Å². The molecular weight excluding hydrogens is 753 g/mol. The van der Waals surface area contributed by atoms with E-state index in [1.165, 1.54) is 0 Å². The predicted octanol–water partition coefficient (Wildman–Crippen LogP) is 9.73. The summed E-state index contributed by atoms with van der Waals surface area (Å²) in [7, 11) is 0. The van der Waals surface area contributed by atoms with Gasteiger partial charge in [0.05, 0.1) is 0 Å². The molecule has 0 spiro atoms. The van der Waals surface area contributed by atoms with Crippen LogP contribution in [-0.2, 0) is 32.6 Å². The van der Waals surface area contributed by atoms with Crippen LogP contribution in [0.4, 0.5) is 5.13 Å². The molecule has 268 valence electrons. The first-order valence-electron chi connectivity index (χ1n) is 16.9. The molecule has 7 rings (SSSR count). The molecule has 0 saturated carbocycles. The van der Waals surface area contributed by atoms with Crippen molar-refractivity contribution in [1.82, 2.24) is 4.98 Å². The Hall–Kier alpha value is -5.25. The molecule has 0 aliphatic rings. The maximum absolute atomic E-state index is 13.9. The second-order valence-electron chi connectivity index (χ2n) is 12.3. The van der Waals surface area contributed by atoms with Crippen LogP contribution < -0.4 is 5.32 Å². The number of hydrogen-bond donors (Lipinski definition) is 3. The van der Waals surface area contributed by atoms with Crippen molar-refractivity contribution < 1.29 is 19.4 Å². The molecule has 11 heteroatoms. The minimum Gasteiger partial charge on any atom is -0.374 e. The summed E-state index contributed by atoms with van der Waals surface area (Å²) in [5.41, 5.74) is 0.657. The smallest absolute Gasteiger partial charge is 0.269 e. The molecule has 0 fully saturated rings. The predicted molar refractivity (Wildman–Crippen MR) is 221 cm³/mol. The van der Waals surface area contributed by atoms with E-state index in [9.17, 15) is 14.6 Å². The summed E-state index contributed by atoms with van der Waals surface area (Å²) in [5, 5.41) is 8.44. The fraction of sp³-hybridized carbons (Fsp3) is 0.0465.